The van der Waals surface area contributed by atoms with E-state index in [-0.39, 0.29) is 29.8 Å². The van der Waals surface area contributed by atoms with Crippen LogP contribution in [0.1, 0.15) is 44.1 Å². The zero-order valence-electron chi connectivity index (χ0n) is 26.1. The Labute approximate surface area is 263 Å². The molecule has 1 aromatic heterocycles. The van der Waals surface area contributed by atoms with Crippen molar-refractivity contribution in [2.24, 2.45) is 5.11 Å². The second-order valence-corrected chi connectivity index (χ2v) is 12.4. The molecule has 5 rings (SSSR count). The summed E-state index contributed by atoms with van der Waals surface area (Å²) in [5.41, 5.74) is 6.08. The van der Waals surface area contributed by atoms with Gasteiger partial charge in [-0.2, -0.15) is 5.53 Å². The predicted octanol–water partition coefficient (Wildman–Crippen LogP) is 1.10. The SMILES string of the molecule is C[C@H](CC(=O)N1CCC(O)(Cn2cnc3cc(NC(=O)CCN4CCN(CCN=[NH2+])CC4)ccc3c2=O)CC1)c1ccccc1. The number of piperazine rings is 1. The molecule has 2 aliphatic rings. The Morgan fingerprint density at radius 1 is 1.02 bits per heavy atom. The van der Waals surface area contributed by atoms with Crippen molar-refractivity contribution < 1.29 is 20.2 Å². The van der Waals surface area contributed by atoms with Gasteiger partial charge in [0, 0.05) is 70.9 Å². The first-order chi connectivity index (χ1) is 21.7. The lowest BCUT2D eigenvalue weighted by Gasteiger charge is -2.38. The van der Waals surface area contributed by atoms with E-state index in [1.54, 1.807) is 18.2 Å². The van der Waals surface area contributed by atoms with Gasteiger partial charge in [-0.25, -0.2) is 4.98 Å². The Morgan fingerprint density at radius 2 is 1.71 bits per heavy atom. The van der Waals surface area contributed by atoms with Crippen LogP contribution in [-0.4, -0.2) is 106 Å². The first-order valence-corrected chi connectivity index (χ1v) is 15.9. The van der Waals surface area contributed by atoms with E-state index in [0.717, 1.165) is 38.3 Å². The molecule has 2 fully saturated rings. The van der Waals surface area contributed by atoms with Crippen LogP contribution in [0.4, 0.5) is 5.69 Å². The van der Waals surface area contributed by atoms with Gasteiger partial charge in [0.15, 0.2) is 0 Å². The molecule has 3 aromatic rings. The number of benzene rings is 2. The molecule has 45 heavy (non-hydrogen) atoms. The number of amides is 2. The van der Waals surface area contributed by atoms with Crippen molar-refractivity contribution in [3.8, 4) is 0 Å². The molecule has 0 radical (unpaired) electrons. The third-order valence-electron chi connectivity index (χ3n) is 9.14. The minimum absolute atomic E-state index is 0.0784. The number of carbonyl (C=O) groups excluding carboxylic acids is 2. The van der Waals surface area contributed by atoms with Crippen LogP contribution >= 0.6 is 0 Å². The maximum Gasteiger partial charge on any atom is 0.261 e. The largest absolute Gasteiger partial charge is 0.388 e. The second-order valence-electron chi connectivity index (χ2n) is 12.4. The van der Waals surface area contributed by atoms with Gasteiger partial charge in [-0.1, -0.05) is 37.3 Å². The molecule has 12 nitrogen and oxygen atoms in total. The van der Waals surface area contributed by atoms with Crippen LogP contribution in [0.2, 0.25) is 0 Å². The molecule has 2 saturated heterocycles. The number of aliphatic hydroxyl groups is 1. The normalized spacial score (nSPS) is 18.0. The van der Waals surface area contributed by atoms with Crippen molar-refractivity contribution in [2.75, 3.05) is 64.2 Å². The molecular formula is C33H45N8O4+. The van der Waals surface area contributed by atoms with Crippen molar-refractivity contribution in [2.45, 2.75) is 50.7 Å². The summed E-state index contributed by atoms with van der Waals surface area (Å²) in [4.78, 5) is 49.8. The third-order valence-corrected chi connectivity index (χ3v) is 9.14. The average Bonchev–Trinajstić information content (AvgIpc) is 3.05. The number of anilines is 1. The number of piperidine rings is 1. The van der Waals surface area contributed by atoms with Crippen molar-refractivity contribution >= 4 is 28.4 Å². The standard InChI is InChI=1S/C33H44N8O4/c1-25(26-5-3-2-4-6-26)21-31(43)40-14-10-33(45,11-15-40)23-41-24-35-29-22-27(7-8-28(29)32(41)44)37-30(42)9-13-38-17-19-39(20-18-38)16-12-36-34/h2-8,22,24-25,34,45H,9-21,23H2,1H3,(H,37,42)/p+1/t25-/m1/s1. The number of hydrogen-bond donors (Lipinski definition) is 3. The first-order valence-electron chi connectivity index (χ1n) is 15.9. The quantitative estimate of drug-likeness (QED) is 0.258. The van der Waals surface area contributed by atoms with Gasteiger partial charge in [0.05, 0.1) is 29.4 Å². The minimum Gasteiger partial charge on any atom is -0.388 e. The van der Waals surface area contributed by atoms with Crippen LogP contribution in [0, 0.1) is 0 Å². The summed E-state index contributed by atoms with van der Waals surface area (Å²) in [5, 5.41) is 18.3. The molecule has 12 heteroatoms. The number of likely N-dealkylation sites (tertiary alicyclic amines) is 1. The number of hydrogen-bond acceptors (Lipinski definition) is 8. The monoisotopic (exact) mass is 617 g/mol. The van der Waals surface area contributed by atoms with Crippen molar-refractivity contribution in [3.05, 3.63) is 70.8 Å². The fourth-order valence-corrected chi connectivity index (χ4v) is 6.21. The lowest BCUT2D eigenvalue weighted by atomic mass is 9.90. The fraction of sp³-hybridized carbons (Fsp3) is 0.515. The van der Waals surface area contributed by atoms with E-state index in [9.17, 15) is 19.5 Å². The van der Waals surface area contributed by atoms with Gasteiger partial charge in [0.1, 0.15) is 6.54 Å². The van der Waals surface area contributed by atoms with Gasteiger partial charge in [-0.15, -0.1) is 0 Å². The summed E-state index contributed by atoms with van der Waals surface area (Å²) >= 11 is 0. The maximum absolute atomic E-state index is 13.3. The highest BCUT2D eigenvalue weighted by Crippen LogP contribution is 2.27. The number of fused-ring (bicyclic) bond motifs is 1. The number of nitrogens with zero attached hydrogens (tertiary/aromatic N) is 6. The fourth-order valence-electron chi connectivity index (χ4n) is 6.21. The topological polar surface area (TPSA) is 149 Å². The van der Waals surface area contributed by atoms with E-state index in [0.29, 0.717) is 68.5 Å². The molecule has 3 heterocycles. The van der Waals surface area contributed by atoms with E-state index in [4.69, 9.17) is 5.53 Å². The lowest BCUT2D eigenvalue weighted by Crippen LogP contribution is -2.49. The van der Waals surface area contributed by atoms with Gasteiger partial charge in [-0.3, -0.25) is 23.9 Å². The van der Waals surface area contributed by atoms with Crippen LogP contribution < -0.4 is 16.4 Å². The molecule has 4 N–H and O–H groups in total. The maximum atomic E-state index is 13.3. The molecular weight excluding hydrogens is 572 g/mol. The number of carbonyl (C=O) groups is 2. The van der Waals surface area contributed by atoms with Gasteiger partial charge < -0.3 is 20.2 Å². The summed E-state index contributed by atoms with van der Waals surface area (Å²) in [6, 6.07) is 15.1. The zero-order valence-corrected chi connectivity index (χ0v) is 26.1. The van der Waals surface area contributed by atoms with Crippen LogP contribution in [0.3, 0.4) is 0 Å². The van der Waals surface area contributed by atoms with Gasteiger partial charge in [0.2, 0.25) is 11.8 Å². The lowest BCUT2D eigenvalue weighted by molar-refractivity contribution is -0.222. The van der Waals surface area contributed by atoms with Crippen molar-refractivity contribution in [1.29, 1.82) is 0 Å². The highest BCUT2D eigenvalue weighted by molar-refractivity contribution is 5.93. The van der Waals surface area contributed by atoms with Crippen LogP contribution in [0.15, 0.2) is 64.8 Å². The Hall–Kier alpha value is -4.00. The van der Waals surface area contributed by atoms with E-state index in [1.165, 1.54) is 10.9 Å². The molecule has 2 amide bonds. The number of nitrogens with one attached hydrogen (secondary N) is 1. The van der Waals surface area contributed by atoms with Crippen LogP contribution in [0.5, 0.6) is 0 Å². The molecule has 0 bridgehead atoms. The van der Waals surface area contributed by atoms with Crippen LogP contribution in [0.25, 0.3) is 10.9 Å². The predicted molar refractivity (Wildman–Crippen MR) is 172 cm³/mol. The smallest absolute Gasteiger partial charge is 0.261 e. The Morgan fingerprint density at radius 3 is 2.40 bits per heavy atom. The van der Waals surface area contributed by atoms with E-state index >= 15 is 0 Å². The summed E-state index contributed by atoms with van der Waals surface area (Å²) in [6.07, 6.45) is 3.01. The average molecular weight is 618 g/mol. The minimum atomic E-state index is -1.11. The highest BCUT2D eigenvalue weighted by atomic mass is 16.3. The van der Waals surface area contributed by atoms with Crippen molar-refractivity contribution in [1.82, 2.24) is 24.3 Å². The summed E-state index contributed by atoms with van der Waals surface area (Å²) in [5.74, 6) is 0.106. The number of rotatable bonds is 12. The summed E-state index contributed by atoms with van der Waals surface area (Å²) < 4.78 is 1.44. The zero-order chi connectivity index (χ0) is 31.8. The molecule has 0 aliphatic carbocycles. The van der Waals surface area contributed by atoms with Gasteiger partial charge in [-0.05, 0) is 47.6 Å². The highest BCUT2D eigenvalue weighted by Gasteiger charge is 2.35. The number of aromatic nitrogens is 2. The van der Waals surface area contributed by atoms with Crippen LogP contribution in [-0.2, 0) is 16.1 Å². The molecule has 240 valence electrons. The van der Waals surface area contributed by atoms with E-state index in [1.807, 2.05) is 35.2 Å². The first kappa shape index (κ1) is 32.4. The summed E-state index contributed by atoms with van der Waals surface area (Å²) in [7, 11) is 0. The van der Waals surface area contributed by atoms with E-state index in [2.05, 4.69) is 32.1 Å². The van der Waals surface area contributed by atoms with Crippen molar-refractivity contribution in [3.63, 3.8) is 0 Å². The number of nitrogens with two attached hydrogens (primary N) is 1. The molecule has 1 atom stereocenters. The molecule has 2 aromatic carbocycles. The molecule has 2 aliphatic heterocycles. The van der Waals surface area contributed by atoms with Gasteiger partial charge >= 0.3 is 0 Å². The third kappa shape index (κ3) is 8.59. The Kier molecular flexibility index (Phi) is 10.7. The Bertz CT molecular complexity index is 1530. The second kappa shape index (κ2) is 14.9. The summed E-state index contributed by atoms with van der Waals surface area (Å²) in [6.45, 7) is 8.91. The Balaban J connectivity index is 1.11. The van der Waals surface area contributed by atoms with E-state index < -0.39 is 5.60 Å². The van der Waals surface area contributed by atoms with Gasteiger partial charge in [0.25, 0.3) is 5.56 Å². The molecule has 0 unspecified atom stereocenters. The molecule has 0 saturated carbocycles. The molecule has 0 spiro atoms.